The van der Waals surface area contributed by atoms with E-state index < -0.39 is 0 Å². The van der Waals surface area contributed by atoms with Gasteiger partial charge in [0.1, 0.15) is 0 Å². The van der Waals surface area contributed by atoms with Gasteiger partial charge >= 0.3 is 0 Å². The Balaban J connectivity index is 1.96. The molecule has 0 bridgehead atoms. The molecule has 2 unspecified atom stereocenters. The molecule has 2 atom stereocenters. The van der Waals surface area contributed by atoms with Crippen LogP contribution in [-0.2, 0) is 6.54 Å². The van der Waals surface area contributed by atoms with Gasteiger partial charge < -0.3 is 5.73 Å². The molecule has 20 heavy (non-hydrogen) atoms. The number of hydrogen-bond acceptors (Lipinski definition) is 3. The maximum Gasteiger partial charge on any atom is 0.0555 e. The molecule has 108 valence electrons. The number of rotatable bonds is 2. The zero-order valence-corrected chi connectivity index (χ0v) is 12.8. The number of likely N-dealkylation sites (N-methyl/N-ethyl adjacent to an activating group) is 1. The maximum absolute atomic E-state index is 5.38. The molecule has 0 radical (unpaired) electrons. The van der Waals surface area contributed by atoms with Crippen LogP contribution in [0, 0.1) is 11.8 Å². The van der Waals surface area contributed by atoms with Gasteiger partial charge in [-0.2, -0.15) is 0 Å². The van der Waals surface area contributed by atoms with E-state index in [0.29, 0.717) is 18.6 Å². The Bertz CT molecular complexity index is 471. The summed E-state index contributed by atoms with van der Waals surface area (Å²) in [7, 11) is 2.22. The van der Waals surface area contributed by atoms with E-state index in [1.165, 1.54) is 5.56 Å². The van der Waals surface area contributed by atoms with Gasteiger partial charge in [-0.15, -0.1) is 0 Å². The highest BCUT2D eigenvalue weighted by Gasteiger charge is 2.26. The Hall–Kier alpha value is -1.34. The average molecular weight is 271 g/mol. The van der Waals surface area contributed by atoms with E-state index in [1.54, 1.807) is 0 Å². The van der Waals surface area contributed by atoms with Crippen LogP contribution in [0.25, 0.3) is 0 Å². The van der Waals surface area contributed by atoms with E-state index in [9.17, 15) is 0 Å². The van der Waals surface area contributed by atoms with Gasteiger partial charge in [0.05, 0.1) is 6.54 Å². The van der Waals surface area contributed by atoms with Crippen molar-refractivity contribution in [2.24, 2.45) is 5.73 Å². The quantitative estimate of drug-likeness (QED) is 0.828. The molecule has 1 fully saturated rings. The summed E-state index contributed by atoms with van der Waals surface area (Å²) in [6.07, 6.45) is 0. The summed E-state index contributed by atoms with van der Waals surface area (Å²) >= 11 is 0. The molecule has 0 saturated carbocycles. The second kappa shape index (κ2) is 6.90. The van der Waals surface area contributed by atoms with Crippen LogP contribution in [-0.4, -0.2) is 48.6 Å². The van der Waals surface area contributed by atoms with Gasteiger partial charge in [0, 0.05) is 37.3 Å². The van der Waals surface area contributed by atoms with Crippen molar-refractivity contribution in [3.05, 3.63) is 35.4 Å². The Morgan fingerprint density at radius 2 is 1.75 bits per heavy atom. The highest BCUT2D eigenvalue weighted by molar-refractivity contribution is 5.36. The molecule has 1 aliphatic rings. The van der Waals surface area contributed by atoms with Crippen LogP contribution in [0.15, 0.2) is 24.3 Å². The van der Waals surface area contributed by atoms with Gasteiger partial charge in [-0.3, -0.25) is 9.80 Å². The summed E-state index contributed by atoms with van der Waals surface area (Å²) < 4.78 is 0. The maximum atomic E-state index is 5.38. The first-order valence-electron chi connectivity index (χ1n) is 7.32. The van der Waals surface area contributed by atoms with Gasteiger partial charge in [0.15, 0.2) is 0 Å². The first kappa shape index (κ1) is 15.1. The third-order valence-electron chi connectivity index (χ3n) is 4.13. The summed E-state index contributed by atoms with van der Waals surface area (Å²) in [5.41, 5.74) is 7.78. The summed E-state index contributed by atoms with van der Waals surface area (Å²) in [4.78, 5) is 5.00. The topological polar surface area (TPSA) is 32.5 Å². The fourth-order valence-electron chi connectivity index (χ4n) is 2.75. The molecule has 0 aromatic heterocycles. The minimum absolute atomic E-state index is 0.415. The summed E-state index contributed by atoms with van der Waals surface area (Å²) in [5, 5.41) is 0. The van der Waals surface area contributed by atoms with Crippen LogP contribution in [0.5, 0.6) is 0 Å². The van der Waals surface area contributed by atoms with Crippen LogP contribution in [0.1, 0.15) is 25.0 Å². The van der Waals surface area contributed by atoms with Crippen LogP contribution in [0.4, 0.5) is 0 Å². The molecule has 2 N–H and O–H groups in total. The molecule has 0 amide bonds. The number of nitrogens with zero attached hydrogens (tertiary/aromatic N) is 2. The van der Waals surface area contributed by atoms with E-state index in [4.69, 9.17) is 5.73 Å². The van der Waals surface area contributed by atoms with Crippen molar-refractivity contribution < 1.29 is 0 Å². The molecule has 3 heteroatoms. The van der Waals surface area contributed by atoms with Crippen molar-refractivity contribution in [3.8, 4) is 11.8 Å². The molecule has 3 nitrogen and oxygen atoms in total. The summed E-state index contributed by atoms with van der Waals surface area (Å²) in [6.45, 7) is 8.30. The average Bonchev–Trinajstić information content (AvgIpc) is 2.44. The predicted octanol–water partition coefficient (Wildman–Crippen LogP) is 1.52. The van der Waals surface area contributed by atoms with Crippen molar-refractivity contribution in [3.63, 3.8) is 0 Å². The van der Waals surface area contributed by atoms with E-state index >= 15 is 0 Å². The number of benzene rings is 1. The van der Waals surface area contributed by atoms with Gasteiger partial charge in [0.25, 0.3) is 0 Å². The fraction of sp³-hybridized carbons (Fsp3) is 0.529. The minimum Gasteiger partial charge on any atom is -0.320 e. The highest BCUT2D eigenvalue weighted by Crippen LogP contribution is 2.16. The second-order valence-electron chi connectivity index (χ2n) is 5.76. The van der Waals surface area contributed by atoms with Gasteiger partial charge in [-0.25, -0.2) is 0 Å². The molecule has 1 aromatic carbocycles. The van der Waals surface area contributed by atoms with Crippen molar-refractivity contribution >= 4 is 0 Å². The number of piperazine rings is 1. The first-order chi connectivity index (χ1) is 9.60. The lowest BCUT2D eigenvalue weighted by atomic mass is 10.1. The Labute approximate surface area is 122 Å². The molecule has 2 rings (SSSR count). The molecular weight excluding hydrogens is 246 g/mol. The van der Waals surface area contributed by atoms with Crippen LogP contribution < -0.4 is 5.73 Å². The van der Waals surface area contributed by atoms with E-state index in [1.807, 2.05) is 0 Å². The van der Waals surface area contributed by atoms with Crippen LogP contribution in [0.2, 0.25) is 0 Å². The van der Waals surface area contributed by atoms with Crippen molar-refractivity contribution in [1.29, 1.82) is 0 Å². The Morgan fingerprint density at radius 3 is 2.30 bits per heavy atom. The van der Waals surface area contributed by atoms with E-state index in [2.05, 4.69) is 66.8 Å². The smallest absolute Gasteiger partial charge is 0.0555 e. The minimum atomic E-state index is 0.415. The van der Waals surface area contributed by atoms with Crippen LogP contribution in [0.3, 0.4) is 0 Å². The molecule has 0 aliphatic carbocycles. The normalized spacial score (nSPS) is 24.2. The van der Waals surface area contributed by atoms with Crippen molar-refractivity contribution in [1.82, 2.24) is 9.80 Å². The molecular formula is C17H25N3. The zero-order chi connectivity index (χ0) is 14.5. The SMILES string of the molecule is CC1CN(Cc2ccc(C#CCN)cc2)CC(C)N1C. The Morgan fingerprint density at radius 1 is 1.15 bits per heavy atom. The summed E-state index contributed by atoms with van der Waals surface area (Å²) in [5.74, 6) is 5.94. The van der Waals surface area contributed by atoms with E-state index in [0.717, 1.165) is 25.2 Å². The fourth-order valence-corrected chi connectivity index (χ4v) is 2.75. The van der Waals surface area contributed by atoms with Crippen LogP contribution >= 0.6 is 0 Å². The highest BCUT2D eigenvalue weighted by atomic mass is 15.3. The lowest BCUT2D eigenvalue weighted by Crippen LogP contribution is -2.54. The van der Waals surface area contributed by atoms with Gasteiger partial charge in [0.2, 0.25) is 0 Å². The Kier molecular flexibility index (Phi) is 5.19. The van der Waals surface area contributed by atoms with Crippen molar-refractivity contribution in [2.45, 2.75) is 32.5 Å². The molecule has 0 spiro atoms. The molecule has 1 saturated heterocycles. The largest absolute Gasteiger partial charge is 0.320 e. The van der Waals surface area contributed by atoms with Gasteiger partial charge in [-0.1, -0.05) is 24.0 Å². The lowest BCUT2D eigenvalue weighted by molar-refractivity contribution is 0.0556. The third kappa shape index (κ3) is 3.83. The van der Waals surface area contributed by atoms with Gasteiger partial charge in [-0.05, 0) is 38.6 Å². The standard InChI is InChI=1S/C17H25N3/c1-14-11-20(12-15(2)19(14)3)13-17-8-6-16(7-9-17)5-4-10-18/h6-9,14-15H,10-13,18H2,1-3H3. The van der Waals surface area contributed by atoms with Crippen molar-refractivity contribution in [2.75, 3.05) is 26.7 Å². The predicted molar refractivity (Wildman–Crippen MR) is 84.3 cm³/mol. The number of nitrogens with two attached hydrogens (primary N) is 1. The molecule has 1 aromatic rings. The zero-order valence-electron chi connectivity index (χ0n) is 12.8. The second-order valence-corrected chi connectivity index (χ2v) is 5.76. The summed E-state index contributed by atoms with van der Waals surface area (Å²) in [6, 6.07) is 9.76. The molecule has 1 aliphatic heterocycles. The lowest BCUT2D eigenvalue weighted by Gasteiger charge is -2.42. The van der Waals surface area contributed by atoms with E-state index in [-0.39, 0.29) is 0 Å². The number of hydrogen-bond donors (Lipinski definition) is 1. The first-order valence-corrected chi connectivity index (χ1v) is 7.32. The molecule has 1 heterocycles. The third-order valence-corrected chi connectivity index (χ3v) is 4.13. The monoisotopic (exact) mass is 271 g/mol.